The van der Waals surface area contributed by atoms with E-state index in [2.05, 4.69) is 36.4 Å². The molecule has 0 aliphatic carbocycles. The zero-order valence-corrected chi connectivity index (χ0v) is 26.2. The average Bonchev–Trinajstić information content (AvgIpc) is 3.73. The largest absolute Gasteiger partial charge is 0.486 e. The van der Waals surface area contributed by atoms with E-state index in [1.165, 1.54) is 44.2 Å². The summed E-state index contributed by atoms with van der Waals surface area (Å²) in [5.74, 6) is 7.15. The van der Waals surface area contributed by atoms with Crippen molar-refractivity contribution >= 4 is 54.0 Å². The van der Waals surface area contributed by atoms with E-state index >= 15 is 0 Å². The van der Waals surface area contributed by atoms with Gasteiger partial charge in [0.15, 0.2) is 11.5 Å². The van der Waals surface area contributed by atoms with Crippen molar-refractivity contribution in [2.45, 2.75) is 46.0 Å². The van der Waals surface area contributed by atoms with Crippen molar-refractivity contribution in [2.75, 3.05) is 13.2 Å². The van der Waals surface area contributed by atoms with Gasteiger partial charge < -0.3 is 9.47 Å². The Hall–Kier alpha value is -2.66. The molecular formula is C32H30O6S4. The predicted molar refractivity (Wildman–Crippen MR) is 170 cm³/mol. The summed E-state index contributed by atoms with van der Waals surface area (Å²) in [6.07, 6.45) is 0. The van der Waals surface area contributed by atoms with E-state index < -0.39 is 43.2 Å². The monoisotopic (exact) mass is 638 g/mol. The highest BCUT2D eigenvalue weighted by Gasteiger charge is 2.24. The van der Waals surface area contributed by atoms with E-state index in [1.54, 1.807) is 0 Å². The number of rotatable bonds is 0. The zero-order chi connectivity index (χ0) is 28.8. The van der Waals surface area contributed by atoms with E-state index in [0.29, 0.717) is 47.7 Å². The van der Waals surface area contributed by atoms with E-state index in [-0.39, 0.29) is 0 Å². The van der Waals surface area contributed by atoms with Crippen LogP contribution in [0.5, 0.6) is 11.5 Å². The molecule has 4 aromatic rings. The van der Waals surface area contributed by atoms with Gasteiger partial charge >= 0.3 is 0 Å². The maximum absolute atomic E-state index is 11.5. The molecule has 0 saturated carbocycles. The van der Waals surface area contributed by atoms with Gasteiger partial charge in [-0.05, 0) is 67.4 Å². The van der Waals surface area contributed by atoms with Gasteiger partial charge in [-0.3, -0.25) is 16.8 Å². The zero-order valence-electron chi connectivity index (χ0n) is 22.9. The molecule has 9 rings (SSSR count). The lowest BCUT2D eigenvalue weighted by atomic mass is 10.0. The lowest BCUT2D eigenvalue weighted by Crippen LogP contribution is -2.15. The van der Waals surface area contributed by atoms with Crippen LogP contribution >= 0.6 is 0 Å². The first kappa shape index (κ1) is 28.1. The Balaban J connectivity index is 0.000000103. The summed E-state index contributed by atoms with van der Waals surface area (Å²) >= 11 is 0. The fourth-order valence-corrected chi connectivity index (χ4v) is 11.4. The highest BCUT2D eigenvalue weighted by Crippen LogP contribution is 2.37. The quantitative estimate of drug-likeness (QED) is 0.269. The Bertz CT molecular complexity index is 1720. The van der Waals surface area contributed by atoms with Crippen molar-refractivity contribution < 1.29 is 26.3 Å². The molecule has 218 valence electrons. The molecular weight excluding hydrogens is 609 g/mol. The van der Waals surface area contributed by atoms with Gasteiger partial charge in [0.2, 0.25) is 0 Å². The summed E-state index contributed by atoms with van der Waals surface area (Å²) < 4.78 is 56.4. The van der Waals surface area contributed by atoms with Crippen LogP contribution in [0.1, 0.15) is 44.5 Å². The molecule has 5 aliphatic heterocycles. The molecule has 0 bridgehead atoms. The van der Waals surface area contributed by atoms with Crippen LogP contribution in [-0.2, 0) is 89.2 Å². The normalized spacial score (nSPS) is 20.1. The summed E-state index contributed by atoms with van der Waals surface area (Å²) in [4.78, 5) is 0. The molecule has 0 spiro atoms. The van der Waals surface area contributed by atoms with Crippen LogP contribution in [0, 0.1) is 0 Å². The maximum atomic E-state index is 11.5. The molecule has 5 aliphatic rings. The summed E-state index contributed by atoms with van der Waals surface area (Å²) in [6, 6.07) is 20.7. The van der Waals surface area contributed by atoms with Gasteiger partial charge in [-0.1, -0.05) is 48.5 Å². The topological polar surface area (TPSA) is 86.7 Å². The minimum Gasteiger partial charge on any atom is -0.486 e. The lowest BCUT2D eigenvalue weighted by Gasteiger charge is -2.19. The second kappa shape index (κ2) is 11.8. The molecule has 0 amide bonds. The van der Waals surface area contributed by atoms with E-state index in [4.69, 9.17) is 9.47 Å². The van der Waals surface area contributed by atoms with Gasteiger partial charge in [-0.2, -0.15) is 0 Å². The first-order valence-electron chi connectivity index (χ1n) is 13.8. The number of benzene rings is 4. The maximum Gasteiger partial charge on any atom is 0.161 e. The molecule has 0 radical (unpaired) electrons. The van der Waals surface area contributed by atoms with Crippen molar-refractivity contribution in [2.24, 2.45) is 0 Å². The smallest absolute Gasteiger partial charge is 0.161 e. The summed E-state index contributed by atoms with van der Waals surface area (Å²) in [7, 11) is -2.80. The van der Waals surface area contributed by atoms with Crippen LogP contribution in [0.2, 0.25) is 0 Å². The van der Waals surface area contributed by atoms with Gasteiger partial charge in [0.25, 0.3) is 0 Å². The van der Waals surface area contributed by atoms with Crippen LogP contribution < -0.4 is 9.47 Å². The number of hydrogen-bond acceptors (Lipinski definition) is 6. The third kappa shape index (κ3) is 5.78. The highest BCUT2D eigenvalue weighted by atomic mass is 32.2. The predicted octanol–water partition coefficient (Wildman–Crippen LogP) is 5.03. The molecule has 4 aromatic carbocycles. The Morgan fingerprint density at radius 2 is 0.881 bits per heavy atom. The number of fused-ring (bicyclic) bond motifs is 7. The molecule has 1 atom stereocenters. The average molecular weight is 639 g/mol. The number of hydrogen-bond donors (Lipinski definition) is 0. The molecule has 0 fully saturated rings. The molecule has 42 heavy (non-hydrogen) atoms. The Morgan fingerprint density at radius 1 is 0.452 bits per heavy atom. The Morgan fingerprint density at radius 3 is 1.40 bits per heavy atom. The molecule has 0 saturated heterocycles. The second-order valence-electron chi connectivity index (χ2n) is 11.0. The minimum absolute atomic E-state index is 0.606. The SMILES string of the molecule is O=S1Cc2cc3c(cc2C1)CS(=O)C3.O=S1Cc2cc3c(cc2C1)OCCO3.O=S1Cc2ccc3ccccc3c2C1. The van der Waals surface area contributed by atoms with Crippen molar-refractivity contribution in [3.63, 3.8) is 0 Å². The summed E-state index contributed by atoms with van der Waals surface area (Å²) in [6.45, 7) is 1.21. The molecule has 0 aromatic heterocycles. The molecule has 10 heteroatoms. The van der Waals surface area contributed by atoms with Gasteiger partial charge in [0.1, 0.15) is 13.2 Å². The van der Waals surface area contributed by atoms with E-state index in [1.807, 2.05) is 24.3 Å². The van der Waals surface area contributed by atoms with Gasteiger partial charge in [-0.15, -0.1) is 0 Å². The van der Waals surface area contributed by atoms with Crippen LogP contribution in [0.3, 0.4) is 0 Å². The first-order valence-corrected chi connectivity index (χ1v) is 19.8. The third-order valence-electron chi connectivity index (χ3n) is 8.04. The lowest BCUT2D eigenvalue weighted by molar-refractivity contribution is 0.171. The van der Waals surface area contributed by atoms with Crippen molar-refractivity contribution in [3.8, 4) is 11.5 Å². The van der Waals surface area contributed by atoms with Crippen molar-refractivity contribution in [3.05, 3.63) is 105 Å². The van der Waals surface area contributed by atoms with Crippen molar-refractivity contribution in [1.82, 2.24) is 0 Å². The Kier molecular flexibility index (Phi) is 7.90. The first-order chi connectivity index (χ1) is 20.4. The summed E-state index contributed by atoms with van der Waals surface area (Å²) in [5, 5.41) is 2.53. The van der Waals surface area contributed by atoms with Crippen LogP contribution in [0.4, 0.5) is 0 Å². The van der Waals surface area contributed by atoms with Gasteiger partial charge in [-0.25, -0.2) is 0 Å². The minimum atomic E-state index is -0.731. The number of ether oxygens (including phenoxy) is 2. The van der Waals surface area contributed by atoms with Crippen LogP contribution in [-0.4, -0.2) is 30.0 Å². The van der Waals surface area contributed by atoms with E-state index in [0.717, 1.165) is 34.1 Å². The second-order valence-corrected chi connectivity index (χ2v) is 16.8. The third-order valence-corrected chi connectivity index (χ3v) is 13.1. The fourth-order valence-electron chi connectivity index (χ4n) is 6.04. The molecule has 6 nitrogen and oxygen atoms in total. The van der Waals surface area contributed by atoms with Crippen LogP contribution in [0.15, 0.2) is 60.7 Å². The standard InChI is InChI=1S/C12H10OS.C10H10O3S.C10H10O2S2/c13-14-7-10-6-5-9-3-1-2-4-11(9)12(10)8-14;11-14-5-7-3-9-10(4-8(7)6-14)13-2-1-12-9;11-13-3-7-1-8-4-14(12)6-10(8)2-9(7)5-13/h1-6H,7-8H2;3-4H,1-2,5-6H2;1-2H,3-6H2. The Labute approximate surface area is 255 Å². The van der Waals surface area contributed by atoms with Gasteiger partial charge in [0.05, 0.1) is 0 Å². The van der Waals surface area contributed by atoms with Gasteiger partial charge in [0, 0.05) is 89.2 Å². The molecule has 5 heterocycles. The fraction of sp³-hybridized carbons (Fsp3) is 0.312. The summed E-state index contributed by atoms with van der Waals surface area (Å²) in [5.41, 5.74) is 9.69. The molecule has 0 N–H and O–H groups in total. The highest BCUT2D eigenvalue weighted by molar-refractivity contribution is 7.84. The van der Waals surface area contributed by atoms with Crippen LogP contribution in [0.25, 0.3) is 10.8 Å². The molecule has 1 unspecified atom stereocenters. The van der Waals surface area contributed by atoms with E-state index in [9.17, 15) is 16.8 Å². The van der Waals surface area contributed by atoms with Crippen molar-refractivity contribution in [1.29, 1.82) is 0 Å².